The number of aliphatic hydroxyl groups excluding tert-OH is 1. The molecule has 1 amide bonds. The van der Waals surface area contributed by atoms with Gasteiger partial charge >= 0.3 is 0 Å². The lowest BCUT2D eigenvalue weighted by Crippen LogP contribution is -2.29. The first kappa shape index (κ1) is 21.4. The van der Waals surface area contributed by atoms with E-state index in [-0.39, 0.29) is 11.3 Å². The Kier molecular flexibility index (Phi) is 5.86. The van der Waals surface area contributed by atoms with Crippen molar-refractivity contribution in [2.45, 2.75) is 26.8 Å². The molecule has 2 heterocycles. The minimum Gasteiger partial charge on any atom is -0.507 e. The summed E-state index contributed by atoms with van der Waals surface area (Å²) < 4.78 is 11.3. The zero-order valence-corrected chi connectivity index (χ0v) is 18.2. The summed E-state index contributed by atoms with van der Waals surface area (Å²) in [6.45, 7) is 6.63. The number of aryl methyl sites for hydroxylation is 1. The first-order valence-corrected chi connectivity index (χ1v) is 10.5. The van der Waals surface area contributed by atoms with Gasteiger partial charge in [0.05, 0.1) is 18.4 Å². The van der Waals surface area contributed by atoms with E-state index in [1.807, 2.05) is 19.1 Å². The van der Waals surface area contributed by atoms with E-state index in [1.165, 1.54) is 11.2 Å². The van der Waals surface area contributed by atoms with E-state index in [2.05, 4.69) is 13.8 Å². The van der Waals surface area contributed by atoms with Crippen molar-refractivity contribution in [3.63, 3.8) is 0 Å². The van der Waals surface area contributed by atoms with Crippen LogP contribution in [0.2, 0.25) is 0 Å². The molecule has 0 aliphatic carbocycles. The summed E-state index contributed by atoms with van der Waals surface area (Å²) in [7, 11) is 0. The molecule has 1 saturated heterocycles. The molecule has 6 heteroatoms. The third-order valence-electron chi connectivity index (χ3n) is 5.28. The molecule has 1 N–H and O–H groups in total. The summed E-state index contributed by atoms with van der Waals surface area (Å²) in [6, 6.07) is 16.6. The van der Waals surface area contributed by atoms with Crippen LogP contribution in [-0.4, -0.2) is 23.4 Å². The third kappa shape index (κ3) is 4.04. The summed E-state index contributed by atoms with van der Waals surface area (Å²) in [5, 5.41) is 11.1. The predicted octanol–water partition coefficient (Wildman–Crippen LogP) is 5.25. The second-order valence-corrected chi connectivity index (χ2v) is 8.25. The van der Waals surface area contributed by atoms with Crippen molar-refractivity contribution in [3.8, 4) is 5.75 Å². The van der Waals surface area contributed by atoms with Gasteiger partial charge in [0.15, 0.2) is 0 Å². The van der Waals surface area contributed by atoms with Crippen molar-refractivity contribution in [3.05, 3.63) is 89.4 Å². The fourth-order valence-corrected chi connectivity index (χ4v) is 3.65. The molecule has 164 valence electrons. The molecule has 6 nitrogen and oxygen atoms in total. The molecular formula is C26H25NO5. The molecule has 2 aromatic carbocycles. The Morgan fingerprint density at radius 3 is 2.34 bits per heavy atom. The lowest BCUT2D eigenvalue weighted by atomic mass is 9.99. The van der Waals surface area contributed by atoms with E-state index in [4.69, 9.17) is 9.15 Å². The standard InChI is InChI=1S/C26H25NO5/c1-16(2)15-32-20-12-8-18(9-13-20)24(28)22-23(21-5-4-14-31-21)27(26(30)25(22)29)19-10-6-17(3)7-11-19/h4-14,16,23,28H,15H2,1-3H3/b24-22-. The Balaban J connectivity index is 1.77. The molecule has 1 fully saturated rings. The fraction of sp³-hybridized carbons (Fsp3) is 0.231. The largest absolute Gasteiger partial charge is 0.507 e. The van der Waals surface area contributed by atoms with Crippen molar-refractivity contribution < 1.29 is 23.8 Å². The molecule has 0 radical (unpaired) electrons. The van der Waals surface area contributed by atoms with E-state index in [1.54, 1.807) is 48.5 Å². The minimum atomic E-state index is -0.871. The van der Waals surface area contributed by atoms with Crippen molar-refractivity contribution in [2.24, 2.45) is 5.92 Å². The summed E-state index contributed by atoms with van der Waals surface area (Å²) in [5.41, 5.74) is 1.98. The normalized spacial score (nSPS) is 17.9. The van der Waals surface area contributed by atoms with E-state index >= 15 is 0 Å². The van der Waals surface area contributed by atoms with Crippen LogP contribution in [0.3, 0.4) is 0 Å². The summed E-state index contributed by atoms with van der Waals surface area (Å²) >= 11 is 0. The molecule has 1 unspecified atom stereocenters. The van der Waals surface area contributed by atoms with Crippen LogP contribution in [0.5, 0.6) is 5.75 Å². The van der Waals surface area contributed by atoms with E-state index in [9.17, 15) is 14.7 Å². The van der Waals surface area contributed by atoms with Crippen molar-refractivity contribution in [1.29, 1.82) is 0 Å². The first-order chi connectivity index (χ1) is 15.4. The lowest BCUT2D eigenvalue weighted by molar-refractivity contribution is -0.132. The molecule has 0 spiro atoms. The summed E-state index contributed by atoms with van der Waals surface area (Å²) in [6.07, 6.45) is 1.48. The highest BCUT2D eigenvalue weighted by molar-refractivity contribution is 6.51. The number of Topliss-reactive ketones (excluding diaryl/α,β-unsaturated/α-hetero) is 1. The van der Waals surface area contributed by atoms with Crippen LogP contribution in [0.4, 0.5) is 5.69 Å². The van der Waals surface area contributed by atoms with Gasteiger partial charge in [-0.15, -0.1) is 0 Å². The van der Waals surface area contributed by atoms with Gasteiger partial charge in [0.2, 0.25) is 0 Å². The van der Waals surface area contributed by atoms with Crippen LogP contribution >= 0.6 is 0 Å². The van der Waals surface area contributed by atoms with Crippen molar-refractivity contribution in [1.82, 2.24) is 0 Å². The van der Waals surface area contributed by atoms with Gasteiger partial charge in [-0.05, 0) is 61.4 Å². The number of carbonyl (C=O) groups excluding carboxylic acids is 2. The maximum atomic E-state index is 13.0. The number of aliphatic hydroxyl groups is 1. The van der Waals surface area contributed by atoms with Crippen LogP contribution in [-0.2, 0) is 9.59 Å². The van der Waals surface area contributed by atoms with Crippen LogP contribution < -0.4 is 9.64 Å². The van der Waals surface area contributed by atoms with Gasteiger partial charge in [0.1, 0.15) is 23.3 Å². The van der Waals surface area contributed by atoms with Crippen molar-refractivity contribution in [2.75, 3.05) is 11.5 Å². The maximum Gasteiger partial charge on any atom is 0.300 e. The number of carbonyl (C=O) groups is 2. The molecule has 3 aromatic rings. The molecule has 0 bridgehead atoms. The van der Waals surface area contributed by atoms with Crippen molar-refractivity contribution >= 4 is 23.1 Å². The van der Waals surface area contributed by atoms with Gasteiger partial charge < -0.3 is 14.3 Å². The van der Waals surface area contributed by atoms with Gasteiger partial charge in [-0.1, -0.05) is 31.5 Å². The SMILES string of the molecule is Cc1ccc(N2C(=O)C(=O)/C(=C(\O)c3ccc(OCC(C)C)cc3)C2c2ccco2)cc1. The van der Waals surface area contributed by atoms with Crippen LogP contribution in [0, 0.1) is 12.8 Å². The number of hydrogen-bond donors (Lipinski definition) is 1. The van der Waals surface area contributed by atoms with Gasteiger partial charge in [0.25, 0.3) is 11.7 Å². The van der Waals surface area contributed by atoms with E-state index in [0.29, 0.717) is 35.3 Å². The molecule has 4 rings (SSSR count). The van der Waals surface area contributed by atoms with Gasteiger partial charge in [-0.3, -0.25) is 14.5 Å². The highest BCUT2D eigenvalue weighted by Crippen LogP contribution is 2.42. The smallest absolute Gasteiger partial charge is 0.300 e. The summed E-state index contributed by atoms with van der Waals surface area (Å²) in [5.74, 6) is -0.289. The van der Waals surface area contributed by atoms with E-state index < -0.39 is 17.7 Å². The average molecular weight is 431 g/mol. The Morgan fingerprint density at radius 1 is 1.06 bits per heavy atom. The predicted molar refractivity (Wildman–Crippen MR) is 121 cm³/mol. The summed E-state index contributed by atoms with van der Waals surface area (Å²) in [4.78, 5) is 27.4. The van der Waals surface area contributed by atoms with Crippen LogP contribution in [0.15, 0.2) is 76.9 Å². The Labute approximate surface area is 186 Å². The topological polar surface area (TPSA) is 80.0 Å². The monoisotopic (exact) mass is 431 g/mol. The second-order valence-electron chi connectivity index (χ2n) is 8.25. The number of furan rings is 1. The highest BCUT2D eigenvalue weighted by atomic mass is 16.5. The molecule has 32 heavy (non-hydrogen) atoms. The van der Waals surface area contributed by atoms with Gasteiger partial charge in [-0.2, -0.15) is 0 Å². The quantitative estimate of drug-likeness (QED) is 0.328. The number of amides is 1. The second kappa shape index (κ2) is 8.75. The maximum absolute atomic E-state index is 13.0. The third-order valence-corrected chi connectivity index (χ3v) is 5.28. The minimum absolute atomic E-state index is 0.0126. The molecule has 0 saturated carbocycles. The molecule has 1 atom stereocenters. The molecule has 1 aromatic heterocycles. The fourth-order valence-electron chi connectivity index (χ4n) is 3.65. The highest BCUT2D eigenvalue weighted by Gasteiger charge is 2.48. The number of anilines is 1. The zero-order chi connectivity index (χ0) is 22.8. The van der Waals surface area contributed by atoms with Gasteiger partial charge in [-0.25, -0.2) is 0 Å². The average Bonchev–Trinajstić information content (AvgIpc) is 3.40. The molecule has 1 aliphatic rings. The number of ether oxygens (including phenoxy) is 1. The Hall–Kier alpha value is -3.80. The number of rotatable bonds is 6. The number of ketones is 1. The zero-order valence-electron chi connectivity index (χ0n) is 18.2. The number of hydrogen-bond acceptors (Lipinski definition) is 5. The molecular weight excluding hydrogens is 406 g/mol. The lowest BCUT2D eigenvalue weighted by Gasteiger charge is -2.23. The van der Waals surface area contributed by atoms with E-state index in [0.717, 1.165) is 5.56 Å². The Bertz CT molecular complexity index is 1140. The van der Waals surface area contributed by atoms with Crippen LogP contribution in [0.25, 0.3) is 5.76 Å². The Morgan fingerprint density at radius 2 is 1.75 bits per heavy atom. The number of benzene rings is 2. The molecule has 1 aliphatic heterocycles. The number of nitrogens with zero attached hydrogens (tertiary/aromatic N) is 1. The van der Waals surface area contributed by atoms with Gasteiger partial charge in [0, 0.05) is 11.3 Å². The van der Waals surface area contributed by atoms with Crippen LogP contribution in [0.1, 0.15) is 36.8 Å². The first-order valence-electron chi connectivity index (χ1n) is 10.5.